The zero-order chi connectivity index (χ0) is 20.1. The maximum absolute atomic E-state index is 9.38. The fraction of sp³-hybridized carbons (Fsp3) is 0.286. The first-order valence-corrected chi connectivity index (χ1v) is 10.0. The summed E-state index contributed by atoms with van der Waals surface area (Å²) >= 11 is 1.54. The predicted molar refractivity (Wildman–Crippen MR) is 111 cm³/mol. The van der Waals surface area contributed by atoms with Gasteiger partial charge in [0.1, 0.15) is 16.3 Å². The van der Waals surface area contributed by atoms with Crippen LogP contribution in [0.4, 0.5) is 0 Å². The Labute approximate surface area is 170 Å². The van der Waals surface area contributed by atoms with Crippen molar-refractivity contribution < 1.29 is 19.3 Å². The number of thiazole rings is 1. The minimum absolute atomic E-state index is 0.0815. The number of aliphatic hydroxyl groups excluding tert-OH is 1. The predicted octanol–water partition coefficient (Wildman–Crippen LogP) is 3.66. The average Bonchev–Trinajstić information content (AvgIpc) is 3.18. The lowest BCUT2D eigenvalue weighted by atomic mass is 10.1. The van der Waals surface area contributed by atoms with Gasteiger partial charge in [-0.15, -0.1) is 11.3 Å². The maximum atomic E-state index is 9.38. The standard InChI is InChI=1S/C21H19N3O4S/c1-10-4-13(18-14(5-10)23-16(26-3)7-22-18)21-24-17-11(2)6-15-19(20(17)29-21)27-9-12(8-25)28-15/h4-7,12,25H,8-9H2,1-3H3. The van der Waals surface area contributed by atoms with Crippen LogP contribution in [0.1, 0.15) is 11.1 Å². The van der Waals surface area contributed by atoms with Gasteiger partial charge >= 0.3 is 0 Å². The molecule has 0 aliphatic carbocycles. The largest absolute Gasteiger partial charge is 0.484 e. The van der Waals surface area contributed by atoms with Crippen LogP contribution in [0.25, 0.3) is 31.8 Å². The van der Waals surface area contributed by atoms with Crippen molar-refractivity contribution in [2.45, 2.75) is 20.0 Å². The summed E-state index contributed by atoms with van der Waals surface area (Å²) in [6, 6.07) is 5.98. The molecule has 8 heteroatoms. The average molecular weight is 409 g/mol. The van der Waals surface area contributed by atoms with E-state index in [1.807, 2.05) is 26.0 Å². The lowest BCUT2D eigenvalue weighted by Gasteiger charge is -2.25. The fourth-order valence-electron chi connectivity index (χ4n) is 3.51. The highest BCUT2D eigenvalue weighted by Crippen LogP contribution is 2.45. The van der Waals surface area contributed by atoms with Gasteiger partial charge in [0.05, 0.1) is 36.5 Å². The molecule has 0 radical (unpaired) electrons. The molecule has 0 saturated heterocycles. The highest BCUT2D eigenvalue weighted by Gasteiger charge is 2.26. The Hall–Kier alpha value is -2.97. The second-order valence-electron chi connectivity index (χ2n) is 7.04. The first-order valence-electron chi connectivity index (χ1n) is 9.23. The van der Waals surface area contributed by atoms with Gasteiger partial charge in [0.25, 0.3) is 0 Å². The maximum Gasteiger partial charge on any atom is 0.232 e. The lowest BCUT2D eigenvalue weighted by molar-refractivity contribution is 0.0468. The van der Waals surface area contributed by atoms with Gasteiger partial charge in [-0.3, -0.25) is 0 Å². The molecule has 1 aliphatic heterocycles. The Morgan fingerprint density at radius 2 is 2.07 bits per heavy atom. The zero-order valence-corrected chi connectivity index (χ0v) is 17.0. The van der Waals surface area contributed by atoms with Crippen LogP contribution in [0.2, 0.25) is 0 Å². The number of fused-ring (bicyclic) bond motifs is 4. The van der Waals surface area contributed by atoms with Crippen LogP contribution in [-0.4, -0.2) is 46.5 Å². The van der Waals surface area contributed by atoms with Crippen molar-refractivity contribution in [1.82, 2.24) is 15.0 Å². The minimum atomic E-state index is -0.349. The van der Waals surface area contributed by atoms with Crippen LogP contribution < -0.4 is 14.2 Å². The van der Waals surface area contributed by atoms with Gasteiger partial charge < -0.3 is 19.3 Å². The monoisotopic (exact) mass is 409 g/mol. The van der Waals surface area contributed by atoms with Crippen LogP contribution in [0.15, 0.2) is 24.4 Å². The van der Waals surface area contributed by atoms with E-state index in [1.54, 1.807) is 24.6 Å². The Bertz CT molecular complexity index is 1250. The van der Waals surface area contributed by atoms with E-state index in [1.165, 1.54) is 0 Å². The number of methoxy groups -OCH3 is 1. The third kappa shape index (κ3) is 2.95. The molecule has 0 saturated carbocycles. The van der Waals surface area contributed by atoms with Gasteiger partial charge in [-0.25, -0.2) is 15.0 Å². The Morgan fingerprint density at radius 3 is 2.86 bits per heavy atom. The van der Waals surface area contributed by atoms with Crippen molar-refractivity contribution in [3.05, 3.63) is 35.5 Å². The van der Waals surface area contributed by atoms with Crippen molar-refractivity contribution in [2.75, 3.05) is 20.3 Å². The topological polar surface area (TPSA) is 86.6 Å². The molecule has 29 heavy (non-hydrogen) atoms. The molecule has 0 spiro atoms. The van der Waals surface area contributed by atoms with Crippen LogP contribution in [0.3, 0.4) is 0 Å². The summed E-state index contributed by atoms with van der Waals surface area (Å²) in [6.07, 6.45) is 1.27. The molecule has 7 nitrogen and oxygen atoms in total. The molecule has 5 rings (SSSR count). The number of nitrogens with zero attached hydrogens (tertiary/aromatic N) is 3. The van der Waals surface area contributed by atoms with Crippen molar-refractivity contribution in [3.8, 4) is 28.0 Å². The SMILES string of the molecule is COc1cnc2c(-c3nc4c(C)cc5c(c4s3)OCC(CO)O5)cc(C)cc2n1. The van der Waals surface area contributed by atoms with E-state index in [4.69, 9.17) is 19.2 Å². The van der Waals surface area contributed by atoms with Gasteiger partial charge in [0, 0.05) is 5.56 Å². The highest BCUT2D eigenvalue weighted by molar-refractivity contribution is 7.22. The lowest BCUT2D eigenvalue weighted by Crippen LogP contribution is -2.32. The molecular weight excluding hydrogens is 390 g/mol. The van der Waals surface area contributed by atoms with Crippen molar-refractivity contribution in [3.63, 3.8) is 0 Å². The second-order valence-corrected chi connectivity index (χ2v) is 8.04. The number of rotatable bonds is 3. The number of ether oxygens (including phenoxy) is 3. The minimum Gasteiger partial charge on any atom is -0.484 e. The van der Waals surface area contributed by atoms with E-state index < -0.39 is 0 Å². The number of aliphatic hydroxyl groups is 1. The summed E-state index contributed by atoms with van der Waals surface area (Å²) in [5.41, 5.74) is 5.41. The van der Waals surface area contributed by atoms with E-state index >= 15 is 0 Å². The Balaban J connectivity index is 1.72. The van der Waals surface area contributed by atoms with Crippen LogP contribution >= 0.6 is 11.3 Å². The van der Waals surface area contributed by atoms with E-state index in [9.17, 15) is 5.11 Å². The molecule has 1 unspecified atom stereocenters. The second kappa shape index (κ2) is 6.82. The summed E-state index contributed by atoms with van der Waals surface area (Å²) in [5.74, 6) is 1.81. The number of aryl methyl sites for hydroxylation is 2. The molecule has 1 aliphatic rings. The quantitative estimate of drug-likeness (QED) is 0.552. The van der Waals surface area contributed by atoms with E-state index in [0.29, 0.717) is 24.0 Å². The summed E-state index contributed by atoms with van der Waals surface area (Å²) in [4.78, 5) is 14.0. The molecule has 2 aromatic heterocycles. The van der Waals surface area contributed by atoms with Gasteiger partial charge in [0.15, 0.2) is 17.6 Å². The summed E-state index contributed by atoms with van der Waals surface area (Å²) in [7, 11) is 1.58. The summed E-state index contributed by atoms with van der Waals surface area (Å²) < 4.78 is 17.9. The fourth-order valence-corrected chi connectivity index (χ4v) is 4.66. The molecule has 4 aromatic rings. The number of hydrogen-bond donors (Lipinski definition) is 1. The van der Waals surface area contributed by atoms with Crippen LogP contribution in [0.5, 0.6) is 17.4 Å². The number of hydrogen-bond acceptors (Lipinski definition) is 8. The van der Waals surface area contributed by atoms with E-state index in [0.717, 1.165) is 42.9 Å². The Kier molecular flexibility index (Phi) is 4.25. The molecule has 1 atom stereocenters. The van der Waals surface area contributed by atoms with Crippen molar-refractivity contribution in [2.24, 2.45) is 0 Å². The van der Waals surface area contributed by atoms with Gasteiger partial charge in [0.2, 0.25) is 5.88 Å². The van der Waals surface area contributed by atoms with Crippen molar-refractivity contribution >= 4 is 32.6 Å². The van der Waals surface area contributed by atoms with Gasteiger partial charge in [-0.1, -0.05) is 0 Å². The molecule has 2 aromatic carbocycles. The van der Waals surface area contributed by atoms with Crippen LogP contribution in [0, 0.1) is 13.8 Å². The van der Waals surface area contributed by atoms with Gasteiger partial charge in [-0.05, 0) is 43.2 Å². The Morgan fingerprint density at radius 1 is 1.21 bits per heavy atom. The molecule has 1 N–H and O–H groups in total. The summed E-state index contributed by atoms with van der Waals surface area (Å²) in [6.45, 7) is 4.25. The zero-order valence-electron chi connectivity index (χ0n) is 16.2. The van der Waals surface area contributed by atoms with E-state index in [2.05, 4.69) is 16.0 Å². The first kappa shape index (κ1) is 18.1. The molecular formula is C21H19N3O4S. The van der Waals surface area contributed by atoms with Crippen molar-refractivity contribution in [1.29, 1.82) is 0 Å². The third-order valence-electron chi connectivity index (χ3n) is 4.90. The summed E-state index contributed by atoms with van der Waals surface area (Å²) in [5, 5.41) is 10.2. The highest BCUT2D eigenvalue weighted by atomic mass is 32.1. The first-order chi connectivity index (χ1) is 14.1. The number of benzene rings is 2. The van der Waals surface area contributed by atoms with E-state index in [-0.39, 0.29) is 12.7 Å². The molecule has 0 bridgehead atoms. The van der Waals surface area contributed by atoms with Gasteiger partial charge in [-0.2, -0.15) is 0 Å². The molecule has 0 fully saturated rings. The molecule has 0 amide bonds. The number of aromatic nitrogens is 3. The normalized spacial score (nSPS) is 15.8. The molecule has 148 valence electrons. The molecule has 3 heterocycles. The smallest absolute Gasteiger partial charge is 0.232 e. The van der Waals surface area contributed by atoms with Crippen LogP contribution in [-0.2, 0) is 0 Å². The third-order valence-corrected chi connectivity index (χ3v) is 5.98.